The number of allylic oxidation sites excluding steroid dienone is 2. The molecule has 0 heterocycles. The molecule has 92 valence electrons. The summed E-state index contributed by atoms with van der Waals surface area (Å²) in [5.74, 6) is 0.446. The zero-order valence-electron chi connectivity index (χ0n) is 10.7. The Morgan fingerprint density at radius 2 is 2.31 bits per heavy atom. The first-order chi connectivity index (χ1) is 7.54. The summed E-state index contributed by atoms with van der Waals surface area (Å²) in [5.41, 5.74) is 1.49. The Morgan fingerprint density at radius 3 is 2.75 bits per heavy atom. The molecule has 1 aliphatic carbocycles. The van der Waals surface area contributed by atoms with E-state index in [0.717, 1.165) is 19.3 Å². The maximum Gasteiger partial charge on any atom is 0.306 e. The molecule has 3 atom stereocenters. The van der Waals surface area contributed by atoms with Crippen LogP contribution in [0.2, 0.25) is 0 Å². The second kappa shape index (κ2) is 6.07. The van der Waals surface area contributed by atoms with Crippen LogP contribution in [0.4, 0.5) is 0 Å². The van der Waals surface area contributed by atoms with Gasteiger partial charge in [-0.2, -0.15) is 0 Å². The molecule has 0 aliphatic heterocycles. The number of rotatable bonds is 5. The molecule has 0 aromatic rings. The molecule has 2 heteroatoms. The van der Waals surface area contributed by atoms with Gasteiger partial charge >= 0.3 is 5.97 Å². The van der Waals surface area contributed by atoms with E-state index in [9.17, 15) is 4.79 Å². The predicted molar refractivity (Wildman–Crippen MR) is 66.3 cm³/mol. The molecule has 16 heavy (non-hydrogen) atoms. The van der Waals surface area contributed by atoms with Crippen LogP contribution in [0.5, 0.6) is 0 Å². The number of aliphatic carboxylic acids is 1. The van der Waals surface area contributed by atoms with Gasteiger partial charge in [0.05, 0.1) is 5.92 Å². The summed E-state index contributed by atoms with van der Waals surface area (Å²) in [5, 5.41) is 9.05. The third-order valence-corrected chi connectivity index (χ3v) is 3.98. The highest BCUT2D eigenvalue weighted by Crippen LogP contribution is 2.33. The number of carboxylic acids is 1. The third-order valence-electron chi connectivity index (χ3n) is 3.98. The van der Waals surface area contributed by atoms with Crippen LogP contribution in [0.1, 0.15) is 52.9 Å². The van der Waals surface area contributed by atoms with Crippen LogP contribution < -0.4 is 0 Å². The van der Waals surface area contributed by atoms with Crippen LogP contribution in [0.15, 0.2) is 11.6 Å². The lowest BCUT2D eigenvalue weighted by Gasteiger charge is -2.28. The first-order valence-corrected chi connectivity index (χ1v) is 6.43. The molecule has 0 aromatic carbocycles. The second-order valence-corrected chi connectivity index (χ2v) is 5.24. The van der Waals surface area contributed by atoms with Crippen LogP contribution in [0.3, 0.4) is 0 Å². The average Bonchev–Trinajstić information content (AvgIpc) is 2.26. The maximum atomic E-state index is 11.0. The van der Waals surface area contributed by atoms with E-state index < -0.39 is 5.97 Å². The molecule has 0 bridgehead atoms. The summed E-state index contributed by atoms with van der Waals surface area (Å²) in [6, 6.07) is 0. The Labute approximate surface area is 98.7 Å². The van der Waals surface area contributed by atoms with Crippen molar-refractivity contribution in [1.82, 2.24) is 0 Å². The highest BCUT2D eigenvalue weighted by Gasteiger charge is 2.24. The Bertz CT molecular complexity index is 268. The predicted octanol–water partition coefficient (Wildman–Crippen LogP) is 3.87. The van der Waals surface area contributed by atoms with Crippen molar-refractivity contribution in [3.05, 3.63) is 11.6 Å². The van der Waals surface area contributed by atoms with Gasteiger partial charge in [0, 0.05) is 0 Å². The molecular formula is C14H24O2. The van der Waals surface area contributed by atoms with Gasteiger partial charge in [-0.15, -0.1) is 0 Å². The SMILES string of the molecule is CCC(CC(C)C1CC=C(C)CC1)C(=O)O. The lowest BCUT2D eigenvalue weighted by molar-refractivity contribution is -0.142. The van der Waals surface area contributed by atoms with Crippen molar-refractivity contribution in [2.45, 2.75) is 52.9 Å². The van der Waals surface area contributed by atoms with Crippen molar-refractivity contribution in [3.63, 3.8) is 0 Å². The monoisotopic (exact) mass is 224 g/mol. The van der Waals surface area contributed by atoms with Crippen molar-refractivity contribution < 1.29 is 9.90 Å². The third kappa shape index (κ3) is 3.66. The largest absolute Gasteiger partial charge is 0.481 e. The molecule has 0 fully saturated rings. The van der Waals surface area contributed by atoms with Crippen LogP contribution >= 0.6 is 0 Å². The Balaban J connectivity index is 2.45. The zero-order valence-corrected chi connectivity index (χ0v) is 10.7. The molecular weight excluding hydrogens is 200 g/mol. The molecule has 1 N–H and O–H groups in total. The van der Waals surface area contributed by atoms with Gasteiger partial charge in [0.25, 0.3) is 0 Å². The van der Waals surface area contributed by atoms with Gasteiger partial charge in [-0.3, -0.25) is 4.79 Å². The van der Waals surface area contributed by atoms with Gasteiger partial charge in [0.1, 0.15) is 0 Å². The van der Waals surface area contributed by atoms with Gasteiger partial charge < -0.3 is 5.11 Å². The first kappa shape index (κ1) is 13.3. The lowest BCUT2D eigenvalue weighted by atomic mass is 9.77. The van der Waals surface area contributed by atoms with Crippen molar-refractivity contribution >= 4 is 5.97 Å². The Kier molecular flexibility index (Phi) is 5.04. The van der Waals surface area contributed by atoms with Crippen LogP contribution in [0, 0.1) is 17.8 Å². The van der Waals surface area contributed by atoms with E-state index in [4.69, 9.17) is 5.11 Å². The van der Waals surface area contributed by atoms with Gasteiger partial charge in [0.2, 0.25) is 0 Å². The minimum absolute atomic E-state index is 0.151. The van der Waals surface area contributed by atoms with E-state index in [0.29, 0.717) is 11.8 Å². The molecule has 0 aromatic heterocycles. The molecule has 0 amide bonds. The Morgan fingerprint density at radius 1 is 1.62 bits per heavy atom. The molecule has 0 radical (unpaired) electrons. The zero-order chi connectivity index (χ0) is 12.1. The van der Waals surface area contributed by atoms with Crippen LogP contribution in [-0.4, -0.2) is 11.1 Å². The number of hydrogen-bond donors (Lipinski definition) is 1. The van der Waals surface area contributed by atoms with E-state index in [-0.39, 0.29) is 5.92 Å². The summed E-state index contributed by atoms with van der Waals surface area (Å²) >= 11 is 0. The van der Waals surface area contributed by atoms with E-state index >= 15 is 0 Å². The number of carboxylic acid groups (broad SMARTS) is 1. The van der Waals surface area contributed by atoms with E-state index in [1.165, 1.54) is 18.4 Å². The summed E-state index contributed by atoms with van der Waals surface area (Å²) in [6.07, 6.45) is 7.48. The normalized spacial score (nSPS) is 24.7. The molecule has 3 unspecified atom stereocenters. The van der Waals surface area contributed by atoms with E-state index in [1.807, 2.05) is 6.92 Å². The maximum absolute atomic E-state index is 11.0. The van der Waals surface area contributed by atoms with Gasteiger partial charge in [-0.05, 0) is 50.9 Å². The number of carbonyl (C=O) groups is 1. The van der Waals surface area contributed by atoms with Crippen molar-refractivity contribution in [3.8, 4) is 0 Å². The highest BCUT2D eigenvalue weighted by molar-refractivity contribution is 5.69. The summed E-state index contributed by atoms with van der Waals surface area (Å²) in [4.78, 5) is 11.0. The lowest BCUT2D eigenvalue weighted by Crippen LogP contribution is -2.21. The van der Waals surface area contributed by atoms with Crippen LogP contribution in [0.25, 0.3) is 0 Å². The summed E-state index contributed by atoms with van der Waals surface area (Å²) in [7, 11) is 0. The molecule has 0 saturated heterocycles. The molecule has 1 rings (SSSR count). The van der Waals surface area contributed by atoms with Crippen molar-refractivity contribution in [2.24, 2.45) is 17.8 Å². The fraction of sp³-hybridized carbons (Fsp3) is 0.786. The average molecular weight is 224 g/mol. The second-order valence-electron chi connectivity index (χ2n) is 5.24. The van der Waals surface area contributed by atoms with E-state index in [1.54, 1.807) is 0 Å². The molecule has 0 spiro atoms. The first-order valence-electron chi connectivity index (χ1n) is 6.43. The summed E-state index contributed by atoms with van der Waals surface area (Å²) < 4.78 is 0. The quantitative estimate of drug-likeness (QED) is 0.720. The summed E-state index contributed by atoms with van der Waals surface area (Å²) in [6.45, 7) is 6.37. The molecule has 0 saturated carbocycles. The molecule has 1 aliphatic rings. The minimum Gasteiger partial charge on any atom is -0.481 e. The minimum atomic E-state index is -0.628. The number of hydrogen-bond acceptors (Lipinski definition) is 1. The highest BCUT2D eigenvalue weighted by atomic mass is 16.4. The van der Waals surface area contributed by atoms with Crippen molar-refractivity contribution in [2.75, 3.05) is 0 Å². The smallest absolute Gasteiger partial charge is 0.306 e. The van der Waals surface area contributed by atoms with Crippen LogP contribution in [-0.2, 0) is 4.79 Å². The van der Waals surface area contributed by atoms with Gasteiger partial charge in [-0.25, -0.2) is 0 Å². The van der Waals surface area contributed by atoms with Gasteiger partial charge in [-0.1, -0.05) is 25.5 Å². The molecule has 2 nitrogen and oxygen atoms in total. The van der Waals surface area contributed by atoms with E-state index in [2.05, 4.69) is 19.9 Å². The van der Waals surface area contributed by atoms with Gasteiger partial charge in [0.15, 0.2) is 0 Å². The van der Waals surface area contributed by atoms with Crippen molar-refractivity contribution in [1.29, 1.82) is 0 Å². The fourth-order valence-electron chi connectivity index (χ4n) is 2.59. The Hall–Kier alpha value is -0.790. The standard InChI is InChI=1S/C14H24O2/c1-4-12(14(15)16)9-11(3)13-7-5-10(2)6-8-13/h5,11-13H,4,6-9H2,1-3H3,(H,15,16). The topological polar surface area (TPSA) is 37.3 Å². The fourth-order valence-corrected chi connectivity index (χ4v) is 2.59.